The van der Waals surface area contributed by atoms with E-state index < -0.39 is 0 Å². The lowest BCUT2D eigenvalue weighted by atomic mass is 9.94. The second-order valence-electron chi connectivity index (χ2n) is 7.55. The number of imidazole rings is 1. The minimum Gasteiger partial charge on any atom is -0.444 e. The summed E-state index contributed by atoms with van der Waals surface area (Å²) in [6, 6.07) is 0. The first kappa shape index (κ1) is 17.2. The Kier molecular flexibility index (Phi) is 5.06. The first-order valence-corrected chi connectivity index (χ1v) is 8.85. The monoisotopic (exact) mass is 331 g/mol. The molecule has 2 aromatic rings. The number of aromatic nitrogens is 3. The second-order valence-corrected chi connectivity index (χ2v) is 7.55. The molecule has 3 rings (SSSR count). The van der Waals surface area contributed by atoms with Crippen molar-refractivity contribution in [3.05, 3.63) is 36.1 Å². The Balaban J connectivity index is 1.49. The second kappa shape index (κ2) is 7.07. The highest BCUT2D eigenvalue weighted by atomic mass is 16.4. The van der Waals surface area contributed by atoms with Crippen molar-refractivity contribution >= 4 is 0 Å². The van der Waals surface area contributed by atoms with Gasteiger partial charge in [-0.3, -0.25) is 9.80 Å². The summed E-state index contributed by atoms with van der Waals surface area (Å²) in [5, 5.41) is 0. The van der Waals surface area contributed by atoms with E-state index in [0.717, 1.165) is 63.3 Å². The number of hydrogen-bond acceptors (Lipinski definition) is 5. The van der Waals surface area contributed by atoms with Crippen molar-refractivity contribution in [2.75, 3.05) is 26.2 Å². The van der Waals surface area contributed by atoms with Crippen LogP contribution in [0.1, 0.15) is 45.2 Å². The zero-order valence-corrected chi connectivity index (χ0v) is 15.3. The maximum Gasteiger partial charge on any atom is 0.208 e. The van der Waals surface area contributed by atoms with Gasteiger partial charge in [-0.05, 0) is 6.92 Å². The molecular formula is C18H29N5O. The first-order valence-electron chi connectivity index (χ1n) is 8.85. The van der Waals surface area contributed by atoms with Gasteiger partial charge < -0.3 is 8.98 Å². The maximum absolute atomic E-state index is 5.91. The Hall–Kier alpha value is -1.66. The lowest BCUT2D eigenvalue weighted by Crippen LogP contribution is -2.45. The third-order valence-electron chi connectivity index (χ3n) is 4.62. The molecule has 0 N–H and O–H groups in total. The van der Waals surface area contributed by atoms with Gasteiger partial charge in [0.05, 0.1) is 19.3 Å². The fourth-order valence-electron chi connectivity index (χ4n) is 3.01. The molecule has 6 heteroatoms. The molecule has 0 spiro atoms. The fourth-order valence-corrected chi connectivity index (χ4v) is 3.01. The molecular weight excluding hydrogens is 302 g/mol. The van der Waals surface area contributed by atoms with Crippen molar-refractivity contribution in [2.45, 2.75) is 52.7 Å². The third-order valence-corrected chi connectivity index (χ3v) is 4.62. The Morgan fingerprint density at radius 1 is 1.04 bits per heavy atom. The summed E-state index contributed by atoms with van der Waals surface area (Å²) in [6.45, 7) is 15.5. The summed E-state index contributed by atoms with van der Waals surface area (Å²) in [7, 11) is 0. The highest BCUT2D eigenvalue weighted by molar-refractivity contribution is 5.06. The van der Waals surface area contributed by atoms with Crippen molar-refractivity contribution in [2.24, 2.45) is 0 Å². The summed E-state index contributed by atoms with van der Waals surface area (Å²) >= 11 is 0. The van der Waals surface area contributed by atoms with Gasteiger partial charge in [-0.1, -0.05) is 20.8 Å². The number of aryl methyl sites for hydroxylation is 1. The van der Waals surface area contributed by atoms with E-state index in [0.29, 0.717) is 0 Å². The highest BCUT2D eigenvalue weighted by Gasteiger charge is 2.22. The molecule has 24 heavy (non-hydrogen) atoms. The van der Waals surface area contributed by atoms with Crippen molar-refractivity contribution in [1.82, 2.24) is 24.3 Å². The Labute approximate surface area is 144 Å². The average Bonchev–Trinajstić information content (AvgIpc) is 3.18. The molecule has 2 aromatic heterocycles. The van der Waals surface area contributed by atoms with E-state index in [1.165, 1.54) is 0 Å². The molecule has 0 radical (unpaired) electrons. The van der Waals surface area contributed by atoms with Crippen LogP contribution in [0.25, 0.3) is 0 Å². The largest absolute Gasteiger partial charge is 0.444 e. The van der Waals surface area contributed by atoms with Gasteiger partial charge in [0, 0.05) is 50.5 Å². The van der Waals surface area contributed by atoms with Gasteiger partial charge in [-0.25, -0.2) is 9.97 Å². The number of rotatable bonds is 5. The van der Waals surface area contributed by atoms with Crippen molar-refractivity contribution < 1.29 is 4.42 Å². The molecule has 0 bridgehead atoms. The van der Waals surface area contributed by atoms with Crippen LogP contribution < -0.4 is 0 Å². The average molecular weight is 331 g/mol. The lowest BCUT2D eigenvalue weighted by Gasteiger charge is -2.33. The van der Waals surface area contributed by atoms with E-state index in [9.17, 15) is 0 Å². The van der Waals surface area contributed by atoms with E-state index in [1.807, 2.05) is 12.4 Å². The van der Waals surface area contributed by atoms with Crippen LogP contribution in [0.5, 0.6) is 0 Å². The third kappa shape index (κ3) is 4.05. The predicted octanol–water partition coefficient (Wildman–Crippen LogP) is 2.51. The van der Waals surface area contributed by atoms with Gasteiger partial charge in [0.15, 0.2) is 0 Å². The smallest absolute Gasteiger partial charge is 0.208 e. The zero-order valence-electron chi connectivity index (χ0n) is 15.3. The standard InChI is InChI=1S/C18H29N5O/c1-5-23-7-6-19-16(23)13-21-8-10-22(11-9-21)14-17-20-12-15(24-17)18(2,3)4/h6-7,12H,5,8-11,13-14H2,1-4H3. The summed E-state index contributed by atoms with van der Waals surface area (Å²) in [5.41, 5.74) is 0.0190. The normalized spacial score (nSPS) is 17.5. The molecule has 0 atom stereocenters. The minimum atomic E-state index is 0.0190. The first-order chi connectivity index (χ1) is 11.5. The molecule has 0 aromatic carbocycles. The van der Waals surface area contributed by atoms with Crippen molar-refractivity contribution in [3.63, 3.8) is 0 Å². The van der Waals surface area contributed by atoms with Gasteiger partial charge in [-0.2, -0.15) is 0 Å². The van der Waals surface area contributed by atoms with Crippen LogP contribution in [0, 0.1) is 0 Å². The van der Waals surface area contributed by atoms with E-state index >= 15 is 0 Å². The van der Waals surface area contributed by atoms with E-state index in [2.05, 4.69) is 58.2 Å². The van der Waals surface area contributed by atoms with E-state index in [1.54, 1.807) is 0 Å². The number of hydrogen-bond donors (Lipinski definition) is 0. The van der Waals surface area contributed by atoms with Gasteiger partial charge in [0.2, 0.25) is 5.89 Å². The van der Waals surface area contributed by atoms with Crippen LogP contribution >= 0.6 is 0 Å². The Morgan fingerprint density at radius 3 is 2.29 bits per heavy atom. The molecule has 132 valence electrons. The van der Waals surface area contributed by atoms with Crippen LogP contribution in [-0.4, -0.2) is 50.5 Å². The predicted molar refractivity (Wildman–Crippen MR) is 93.7 cm³/mol. The summed E-state index contributed by atoms with van der Waals surface area (Å²) in [4.78, 5) is 13.8. The minimum absolute atomic E-state index is 0.0190. The SMILES string of the molecule is CCn1ccnc1CN1CCN(Cc2ncc(C(C)(C)C)o2)CC1. The summed E-state index contributed by atoms with van der Waals surface area (Å²) in [5.74, 6) is 2.95. The number of oxazole rings is 1. The lowest BCUT2D eigenvalue weighted by molar-refractivity contribution is 0.111. The van der Waals surface area contributed by atoms with Gasteiger partial charge >= 0.3 is 0 Å². The molecule has 0 amide bonds. The van der Waals surface area contributed by atoms with Crippen LogP contribution in [0.4, 0.5) is 0 Å². The molecule has 0 aliphatic carbocycles. The van der Waals surface area contributed by atoms with Gasteiger partial charge in [-0.15, -0.1) is 0 Å². The summed E-state index contributed by atoms with van der Waals surface area (Å²) < 4.78 is 8.13. The topological polar surface area (TPSA) is 50.3 Å². The van der Waals surface area contributed by atoms with E-state index in [-0.39, 0.29) is 5.41 Å². The van der Waals surface area contributed by atoms with E-state index in [4.69, 9.17) is 4.42 Å². The highest BCUT2D eigenvalue weighted by Crippen LogP contribution is 2.23. The maximum atomic E-state index is 5.91. The quantitative estimate of drug-likeness (QED) is 0.842. The van der Waals surface area contributed by atoms with Crippen LogP contribution in [0.2, 0.25) is 0 Å². The van der Waals surface area contributed by atoms with Gasteiger partial charge in [0.25, 0.3) is 0 Å². The molecule has 1 aliphatic heterocycles. The molecule has 1 aliphatic rings. The molecule has 6 nitrogen and oxygen atoms in total. The molecule has 0 unspecified atom stereocenters. The van der Waals surface area contributed by atoms with Crippen molar-refractivity contribution in [1.29, 1.82) is 0 Å². The van der Waals surface area contributed by atoms with Crippen molar-refractivity contribution in [3.8, 4) is 0 Å². The fraction of sp³-hybridized carbons (Fsp3) is 0.667. The van der Waals surface area contributed by atoms with Crippen LogP contribution in [0.15, 0.2) is 23.0 Å². The summed E-state index contributed by atoms with van der Waals surface area (Å²) in [6.07, 6.45) is 5.82. The Bertz CT molecular complexity index is 646. The molecule has 3 heterocycles. The van der Waals surface area contributed by atoms with Crippen LogP contribution in [0.3, 0.4) is 0 Å². The molecule has 0 saturated carbocycles. The number of nitrogens with zero attached hydrogens (tertiary/aromatic N) is 5. The Morgan fingerprint density at radius 2 is 1.71 bits per heavy atom. The number of piperazine rings is 1. The molecule has 1 fully saturated rings. The zero-order chi connectivity index (χ0) is 17.2. The van der Waals surface area contributed by atoms with Crippen LogP contribution in [-0.2, 0) is 25.0 Å². The van der Waals surface area contributed by atoms with Gasteiger partial charge in [0.1, 0.15) is 11.6 Å². The molecule has 1 saturated heterocycles.